The van der Waals surface area contributed by atoms with Gasteiger partial charge in [0, 0.05) is 17.5 Å². The van der Waals surface area contributed by atoms with E-state index in [1.54, 1.807) is 12.1 Å². The van der Waals surface area contributed by atoms with Crippen molar-refractivity contribution in [2.45, 2.75) is 19.1 Å². The fourth-order valence-electron chi connectivity index (χ4n) is 1.67. The van der Waals surface area contributed by atoms with Gasteiger partial charge >= 0.3 is 6.61 Å². The van der Waals surface area contributed by atoms with E-state index in [1.807, 2.05) is 11.8 Å². The topological polar surface area (TPSA) is 21.3 Å². The van der Waals surface area contributed by atoms with E-state index in [4.69, 9.17) is 11.6 Å². The lowest BCUT2D eigenvalue weighted by Gasteiger charge is -2.14. The molecule has 1 aromatic rings. The van der Waals surface area contributed by atoms with Gasteiger partial charge in [0.25, 0.3) is 0 Å². The second kappa shape index (κ2) is 5.78. The molecular weight excluding hydrogens is 268 g/mol. The summed E-state index contributed by atoms with van der Waals surface area (Å²) in [5, 5.41) is 3.51. The van der Waals surface area contributed by atoms with Gasteiger partial charge in [-0.15, -0.1) is 0 Å². The lowest BCUT2D eigenvalue weighted by atomic mass is 10.2. The molecule has 1 fully saturated rings. The van der Waals surface area contributed by atoms with E-state index in [-0.39, 0.29) is 10.8 Å². The van der Waals surface area contributed by atoms with E-state index in [1.165, 1.54) is 6.07 Å². The molecule has 1 aliphatic rings. The van der Waals surface area contributed by atoms with Crippen molar-refractivity contribution in [2.75, 3.05) is 16.8 Å². The number of rotatable bonds is 4. The summed E-state index contributed by atoms with van der Waals surface area (Å²) in [4.78, 5) is 0. The van der Waals surface area contributed by atoms with Crippen molar-refractivity contribution < 1.29 is 13.5 Å². The third kappa shape index (κ3) is 3.64. The van der Waals surface area contributed by atoms with Crippen molar-refractivity contribution in [1.82, 2.24) is 0 Å². The molecule has 1 aliphatic heterocycles. The number of benzene rings is 1. The molecule has 94 valence electrons. The van der Waals surface area contributed by atoms with Crippen LogP contribution in [0.2, 0.25) is 5.02 Å². The quantitative estimate of drug-likeness (QED) is 0.904. The Kier molecular flexibility index (Phi) is 4.34. The first-order valence-electron chi connectivity index (χ1n) is 5.24. The number of hydrogen-bond acceptors (Lipinski definition) is 3. The highest BCUT2D eigenvalue weighted by molar-refractivity contribution is 7.99. The van der Waals surface area contributed by atoms with Gasteiger partial charge in [0.2, 0.25) is 0 Å². The number of thioether (sulfide) groups is 1. The minimum Gasteiger partial charge on any atom is -0.433 e. The minimum absolute atomic E-state index is 0.00742. The van der Waals surface area contributed by atoms with E-state index < -0.39 is 6.61 Å². The molecule has 1 atom stereocenters. The van der Waals surface area contributed by atoms with Gasteiger partial charge in [-0.1, -0.05) is 11.6 Å². The smallest absolute Gasteiger partial charge is 0.387 e. The summed E-state index contributed by atoms with van der Waals surface area (Å²) in [6.07, 6.45) is 1.11. The van der Waals surface area contributed by atoms with Crippen LogP contribution in [0.5, 0.6) is 5.75 Å². The fraction of sp³-hybridized carbons (Fsp3) is 0.455. The van der Waals surface area contributed by atoms with Crippen LogP contribution in [-0.4, -0.2) is 24.2 Å². The number of anilines is 1. The second-order valence-corrected chi connectivity index (χ2v) is 5.29. The Bertz CT molecular complexity index is 386. The summed E-state index contributed by atoms with van der Waals surface area (Å²) in [5.41, 5.74) is 0.837. The Morgan fingerprint density at radius 1 is 1.47 bits per heavy atom. The third-order valence-corrected chi connectivity index (χ3v) is 3.91. The van der Waals surface area contributed by atoms with Crippen LogP contribution in [0.3, 0.4) is 0 Å². The average Bonchev–Trinajstić information content (AvgIpc) is 2.74. The monoisotopic (exact) mass is 279 g/mol. The predicted octanol–water partition coefficient (Wildman–Crippen LogP) is 3.86. The summed E-state index contributed by atoms with van der Waals surface area (Å²) in [7, 11) is 0. The molecule has 0 amide bonds. The van der Waals surface area contributed by atoms with Gasteiger partial charge in [-0.05, 0) is 30.4 Å². The highest BCUT2D eigenvalue weighted by Crippen LogP contribution is 2.30. The molecule has 2 rings (SSSR count). The molecule has 0 bridgehead atoms. The maximum Gasteiger partial charge on any atom is 0.387 e. The van der Waals surface area contributed by atoms with Crippen molar-refractivity contribution >= 4 is 29.1 Å². The van der Waals surface area contributed by atoms with Crippen LogP contribution in [0, 0.1) is 0 Å². The first-order chi connectivity index (χ1) is 8.15. The summed E-state index contributed by atoms with van der Waals surface area (Å²) in [6, 6.07) is 5.20. The summed E-state index contributed by atoms with van der Waals surface area (Å²) in [6.45, 7) is -2.85. The second-order valence-electron chi connectivity index (χ2n) is 3.73. The normalized spacial score (nSPS) is 19.6. The van der Waals surface area contributed by atoms with Crippen LogP contribution in [0.25, 0.3) is 0 Å². The van der Waals surface area contributed by atoms with Gasteiger partial charge < -0.3 is 10.1 Å². The molecule has 0 aliphatic carbocycles. The molecule has 2 nitrogen and oxygen atoms in total. The number of ether oxygens (including phenoxy) is 1. The Balaban J connectivity index is 2.02. The minimum atomic E-state index is -2.85. The van der Waals surface area contributed by atoms with E-state index >= 15 is 0 Å². The molecule has 1 aromatic carbocycles. The van der Waals surface area contributed by atoms with Gasteiger partial charge in [-0.2, -0.15) is 20.5 Å². The van der Waals surface area contributed by atoms with Crippen molar-refractivity contribution in [2.24, 2.45) is 0 Å². The molecule has 1 saturated heterocycles. The SMILES string of the molecule is FC(F)Oc1ccc(NC2CCSC2)cc1Cl. The molecule has 17 heavy (non-hydrogen) atoms. The fourth-order valence-corrected chi connectivity index (χ4v) is 3.04. The van der Waals surface area contributed by atoms with Crippen LogP contribution in [0.1, 0.15) is 6.42 Å². The van der Waals surface area contributed by atoms with Crippen molar-refractivity contribution in [3.05, 3.63) is 23.2 Å². The van der Waals surface area contributed by atoms with Crippen LogP contribution < -0.4 is 10.1 Å². The number of nitrogens with one attached hydrogen (secondary N) is 1. The molecule has 1 N–H and O–H groups in total. The van der Waals surface area contributed by atoms with E-state index in [9.17, 15) is 8.78 Å². The maximum absolute atomic E-state index is 12.0. The van der Waals surface area contributed by atoms with Gasteiger partial charge in [0.05, 0.1) is 5.02 Å². The van der Waals surface area contributed by atoms with Gasteiger partial charge in [-0.25, -0.2) is 0 Å². The standard InChI is InChI=1S/C11H12ClF2NOS/c12-9-5-7(15-8-3-4-17-6-8)1-2-10(9)16-11(13)14/h1-2,5,8,11,15H,3-4,6H2. The first-order valence-corrected chi connectivity index (χ1v) is 6.77. The number of halogens is 3. The zero-order valence-electron chi connectivity index (χ0n) is 8.96. The van der Waals surface area contributed by atoms with Crippen molar-refractivity contribution in [1.29, 1.82) is 0 Å². The first kappa shape index (κ1) is 12.8. The summed E-state index contributed by atoms with van der Waals surface area (Å²) >= 11 is 7.75. The zero-order valence-corrected chi connectivity index (χ0v) is 10.5. The van der Waals surface area contributed by atoms with Crippen molar-refractivity contribution in [3.63, 3.8) is 0 Å². The zero-order chi connectivity index (χ0) is 12.3. The summed E-state index contributed by atoms with van der Waals surface area (Å²) in [5.74, 6) is 2.22. The third-order valence-electron chi connectivity index (χ3n) is 2.45. The lowest BCUT2D eigenvalue weighted by Crippen LogP contribution is -2.17. The highest BCUT2D eigenvalue weighted by atomic mass is 35.5. The number of alkyl halides is 2. The van der Waals surface area contributed by atoms with Crippen LogP contribution in [0.4, 0.5) is 14.5 Å². The molecule has 1 heterocycles. The van der Waals surface area contributed by atoms with E-state index in [2.05, 4.69) is 10.1 Å². The molecule has 1 unspecified atom stereocenters. The maximum atomic E-state index is 12.0. The van der Waals surface area contributed by atoms with Crippen LogP contribution in [-0.2, 0) is 0 Å². The Morgan fingerprint density at radius 2 is 2.29 bits per heavy atom. The summed E-state index contributed by atoms with van der Waals surface area (Å²) < 4.78 is 28.3. The van der Waals surface area contributed by atoms with Gasteiger partial charge in [0.15, 0.2) is 0 Å². The van der Waals surface area contributed by atoms with Gasteiger partial charge in [-0.3, -0.25) is 0 Å². The van der Waals surface area contributed by atoms with Crippen LogP contribution in [0.15, 0.2) is 18.2 Å². The molecule has 0 radical (unpaired) electrons. The van der Waals surface area contributed by atoms with Crippen LogP contribution >= 0.6 is 23.4 Å². The number of hydrogen-bond donors (Lipinski definition) is 1. The van der Waals surface area contributed by atoms with E-state index in [0.717, 1.165) is 23.6 Å². The molecule has 0 spiro atoms. The molecule has 0 aromatic heterocycles. The average molecular weight is 280 g/mol. The van der Waals surface area contributed by atoms with E-state index in [0.29, 0.717) is 6.04 Å². The highest BCUT2D eigenvalue weighted by Gasteiger charge is 2.16. The van der Waals surface area contributed by atoms with Gasteiger partial charge in [0.1, 0.15) is 5.75 Å². The lowest BCUT2D eigenvalue weighted by molar-refractivity contribution is -0.0497. The molecule has 0 saturated carbocycles. The Labute approximate surface area is 108 Å². The van der Waals surface area contributed by atoms with Crippen molar-refractivity contribution in [3.8, 4) is 5.75 Å². The largest absolute Gasteiger partial charge is 0.433 e. The Hall–Kier alpha value is -0.680. The Morgan fingerprint density at radius 3 is 2.88 bits per heavy atom. The predicted molar refractivity (Wildman–Crippen MR) is 67.4 cm³/mol. The molecule has 6 heteroatoms. The molecular formula is C11H12ClF2NOS.